The van der Waals surface area contributed by atoms with Crippen LogP contribution in [-0.2, 0) is 16.0 Å². The number of benzene rings is 2. The van der Waals surface area contributed by atoms with E-state index in [9.17, 15) is 14.4 Å². The number of nitrogens with one attached hydrogen (secondary N) is 1. The number of nitrogens with zero attached hydrogens (tertiary/aromatic N) is 4. The zero-order chi connectivity index (χ0) is 26.6. The Morgan fingerprint density at radius 2 is 1.82 bits per heavy atom. The molecule has 38 heavy (non-hydrogen) atoms. The number of piperazine rings is 1. The molecule has 3 aliphatic rings. The van der Waals surface area contributed by atoms with E-state index in [-0.39, 0.29) is 37.5 Å². The van der Waals surface area contributed by atoms with E-state index >= 15 is 0 Å². The maximum Gasteiger partial charge on any atom is 0.322 e. The molecule has 0 bridgehead atoms. The predicted octanol–water partition coefficient (Wildman–Crippen LogP) is 3.08. The van der Waals surface area contributed by atoms with Gasteiger partial charge in [0, 0.05) is 44.3 Å². The van der Waals surface area contributed by atoms with Gasteiger partial charge in [-0.25, -0.2) is 4.79 Å². The molecule has 1 fully saturated rings. The zero-order valence-electron chi connectivity index (χ0n) is 21.3. The minimum atomic E-state index is -0.627. The monoisotopic (exact) mass is 533 g/mol. The third-order valence-electron chi connectivity index (χ3n) is 7.40. The van der Waals surface area contributed by atoms with E-state index in [4.69, 9.17) is 11.6 Å². The molecule has 1 unspecified atom stereocenters. The van der Waals surface area contributed by atoms with E-state index in [1.165, 1.54) is 10.5 Å². The molecule has 5 rings (SSSR count). The van der Waals surface area contributed by atoms with E-state index in [0.717, 1.165) is 31.6 Å². The maximum atomic E-state index is 13.6. The third-order valence-corrected chi connectivity index (χ3v) is 7.64. The van der Waals surface area contributed by atoms with Crippen LogP contribution in [0.1, 0.15) is 17.2 Å². The number of carbonyl (C=O) groups is 3. The van der Waals surface area contributed by atoms with Crippen molar-refractivity contribution in [3.8, 4) is 0 Å². The first-order valence-corrected chi connectivity index (χ1v) is 13.3. The average Bonchev–Trinajstić information content (AvgIpc) is 3.25. The number of urea groups is 1. The number of rotatable bonds is 8. The lowest BCUT2D eigenvalue weighted by Gasteiger charge is -2.35. The van der Waals surface area contributed by atoms with Gasteiger partial charge < -0.3 is 15.1 Å². The summed E-state index contributed by atoms with van der Waals surface area (Å²) >= 11 is 6.20. The predicted molar refractivity (Wildman–Crippen MR) is 146 cm³/mol. The lowest BCUT2D eigenvalue weighted by atomic mass is 9.95. The Morgan fingerprint density at radius 1 is 1.05 bits per heavy atom. The molecule has 1 saturated heterocycles. The fourth-order valence-corrected chi connectivity index (χ4v) is 5.55. The van der Waals surface area contributed by atoms with Gasteiger partial charge >= 0.3 is 6.03 Å². The zero-order valence-corrected chi connectivity index (χ0v) is 22.1. The van der Waals surface area contributed by atoms with E-state index in [1.54, 1.807) is 29.2 Å². The minimum absolute atomic E-state index is 0.0196. The standard InChI is InChI=1S/C29H32ClN5O3/c1-2-12-35-24-19-34(28(37)26(24)27(31-29(35)38)22-9-6-10-23(30)18-22)20-25(36)33-16-14-32(15-17-33)13-11-21-7-4-3-5-8-21/h2-10,18,27H,1,11-17,19-20H2,(H,31,38). The molecule has 0 radical (unpaired) electrons. The largest absolute Gasteiger partial charge is 0.339 e. The highest BCUT2D eigenvalue weighted by atomic mass is 35.5. The highest BCUT2D eigenvalue weighted by Crippen LogP contribution is 2.36. The lowest BCUT2D eigenvalue weighted by molar-refractivity contribution is -0.138. The number of carbonyl (C=O) groups excluding carboxylic acids is 3. The van der Waals surface area contributed by atoms with Crippen molar-refractivity contribution in [3.05, 3.63) is 94.7 Å². The summed E-state index contributed by atoms with van der Waals surface area (Å²) in [6.07, 6.45) is 2.61. The van der Waals surface area contributed by atoms with Gasteiger partial charge in [-0.05, 0) is 29.7 Å². The van der Waals surface area contributed by atoms with Crippen molar-refractivity contribution >= 4 is 29.4 Å². The van der Waals surface area contributed by atoms with Crippen LogP contribution >= 0.6 is 11.6 Å². The second kappa shape index (κ2) is 11.4. The van der Waals surface area contributed by atoms with Crippen LogP contribution in [0.3, 0.4) is 0 Å². The number of hydrogen-bond donors (Lipinski definition) is 1. The Balaban J connectivity index is 1.23. The fourth-order valence-electron chi connectivity index (χ4n) is 5.35. The van der Waals surface area contributed by atoms with Crippen LogP contribution in [0.25, 0.3) is 0 Å². The van der Waals surface area contributed by atoms with Crippen molar-refractivity contribution in [2.45, 2.75) is 12.5 Å². The Bertz CT molecular complexity index is 1260. The highest BCUT2D eigenvalue weighted by Gasteiger charge is 2.44. The minimum Gasteiger partial charge on any atom is -0.339 e. The third kappa shape index (κ3) is 5.47. The summed E-state index contributed by atoms with van der Waals surface area (Å²) in [5.41, 5.74) is 3.13. The quantitative estimate of drug-likeness (QED) is 0.529. The molecule has 0 aromatic heterocycles. The normalized spacial score (nSPS) is 20.0. The van der Waals surface area contributed by atoms with Gasteiger partial charge in [-0.15, -0.1) is 6.58 Å². The molecule has 0 spiro atoms. The van der Waals surface area contributed by atoms with Crippen molar-refractivity contribution in [3.63, 3.8) is 0 Å². The summed E-state index contributed by atoms with van der Waals surface area (Å²) in [5.74, 6) is -0.316. The highest BCUT2D eigenvalue weighted by molar-refractivity contribution is 6.30. The van der Waals surface area contributed by atoms with Crippen LogP contribution in [0.2, 0.25) is 5.02 Å². The molecule has 8 nitrogen and oxygen atoms in total. The van der Waals surface area contributed by atoms with Gasteiger partial charge in [0.2, 0.25) is 5.91 Å². The van der Waals surface area contributed by atoms with Crippen LogP contribution < -0.4 is 5.32 Å². The summed E-state index contributed by atoms with van der Waals surface area (Å²) < 4.78 is 0. The molecule has 2 aromatic carbocycles. The van der Waals surface area contributed by atoms with E-state index in [0.29, 0.717) is 29.4 Å². The molecular formula is C29H32ClN5O3. The molecule has 0 aliphatic carbocycles. The SMILES string of the molecule is C=CCN1C(=O)NC(c2cccc(Cl)c2)C2=C1CN(CC(=O)N1CCN(CCc3ccccc3)CC1)C2=O. The molecule has 3 heterocycles. The summed E-state index contributed by atoms with van der Waals surface area (Å²) in [6.45, 7) is 8.05. The lowest BCUT2D eigenvalue weighted by Crippen LogP contribution is -2.51. The van der Waals surface area contributed by atoms with Gasteiger partial charge in [0.25, 0.3) is 5.91 Å². The first-order valence-electron chi connectivity index (χ1n) is 13.0. The summed E-state index contributed by atoms with van der Waals surface area (Å²) in [6, 6.07) is 16.6. The van der Waals surface area contributed by atoms with Crippen molar-refractivity contribution in [2.75, 3.05) is 52.4 Å². The van der Waals surface area contributed by atoms with E-state index < -0.39 is 6.04 Å². The van der Waals surface area contributed by atoms with Gasteiger partial charge in [-0.2, -0.15) is 0 Å². The average molecular weight is 534 g/mol. The van der Waals surface area contributed by atoms with Gasteiger partial charge in [0.15, 0.2) is 0 Å². The second-order valence-electron chi connectivity index (χ2n) is 9.82. The van der Waals surface area contributed by atoms with E-state index in [2.05, 4.69) is 41.1 Å². The molecule has 9 heteroatoms. The summed E-state index contributed by atoms with van der Waals surface area (Å²) in [7, 11) is 0. The summed E-state index contributed by atoms with van der Waals surface area (Å²) in [4.78, 5) is 47.1. The molecular weight excluding hydrogens is 502 g/mol. The van der Waals surface area contributed by atoms with Gasteiger partial charge in [-0.3, -0.25) is 19.4 Å². The van der Waals surface area contributed by atoms with Crippen molar-refractivity contribution in [1.82, 2.24) is 24.9 Å². The van der Waals surface area contributed by atoms with Crippen molar-refractivity contribution in [2.24, 2.45) is 0 Å². The fraction of sp³-hybridized carbons (Fsp3) is 0.345. The number of amides is 4. The van der Waals surface area contributed by atoms with Gasteiger partial charge in [-0.1, -0.05) is 60.1 Å². The van der Waals surface area contributed by atoms with Crippen LogP contribution in [0.4, 0.5) is 4.79 Å². The summed E-state index contributed by atoms with van der Waals surface area (Å²) in [5, 5.41) is 3.46. The van der Waals surface area contributed by atoms with Gasteiger partial charge in [0.1, 0.15) is 6.54 Å². The van der Waals surface area contributed by atoms with Crippen molar-refractivity contribution in [1.29, 1.82) is 0 Å². The molecule has 2 aromatic rings. The van der Waals surface area contributed by atoms with Crippen LogP contribution in [0, 0.1) is 0 Å². The first-order chi connectivity index (χ1) is 18.4. The Labute approximate surface area is 228 Å². The molecule has 3 aliphatic heterocycles. The molecule has 1 N–H and O–H groups in total. The number of halogens is 1. The molecule has 0 saturated carbocycles. The van der Waals surface area contributed by atoms with E-state index in [1.807, 2.05) is 17.0 Å². The topological polar surface area (TPSA) is 76.2 Å². The Morgan fingerprint density at radius 3 is 2.53 bits per heavy atom. The number of hydrogen-bond acceptors (Lipinski definition) is 4. The van der Waals surface area contributed by atoms with Crippen LogP contribution in [0.5, 0.6) is 0 Å². The second-order valence-corrected chi connectivity index (χ2v) is 10.3. The molecule has 4 amide bonds. The smallest absolute Gasteiger partial charge is 0.322 e. The van der Waals surface area contributed by atoms with Crippen LogP contribution in [-0.4, -0.2) is 89.8 Å². The molecule has 198 valence electrons. The van der Waals surface area contributed by atoms with Crippen LogP contribution in [0.15, 0.2) is 78.5 Å². The van der Waals surface area contributed by atoms with Crippen molar-refractivity contribution < 1.29 is 14.4 Å². The Hall–Kier alpha value is -3.62. The maximum absolute atomic E-state index is 13.6. The first kappa shape index (κ1) is 26.0. The molecule has 1 atom stereocenters. The Kier molecular flexibility index (Phi) is 7.81. The van der Waals surface area contributed by atoms with Gasteiger partial charge in [0.05, 0.1) is 23.9 Å².